The average Bonchev–Trinajstić information content (AvgIpc) is 2.76. The van der Waals surface area contributed by atoms with E-state index in [2.05, 4.69) is 20.7 Å². The van der Waals surface area contributed by atoms with Crippen molar-refractivity contribution in [2.75, 3.05) is 12.3 Å². The molecule has 1 aromatic heterocycles. The van der Waals surface area contributed by atoms with E-state index < -0.39 is 10.0 Å². The lowest BCUT2D eigenvalue weighted by molar-refractivity contribution is 0.584. The minimum Gasteiger partial charge on any atom is -0.210 e. The number of benzene rings is 1. The molecule has 0 atom stereocenters. The molecule has 0 aliphatic rings. The third kappa shape index (κ3) is 4.33. The topological polar surface area (TPSA) is 46.2 Å². The molecule has 0 radical (unpaired) electrons. The van der Waals surface area contributed by atoms with Crippen molar-refractivity contribution in [3.05, 3.63) is 45.1 Å². The molecule has 0 aliphatic heterocycles. The van der Waals surface area contributed by atoms with Gasteiger partial charge in [-0.05, 0) is 41.1 Å². The first-order chi connectivity index (χ1) is 9.49. The largest absolute Gasteiger partial charge is 0.241 e. The second-order valence-corrected chi connectivity index (χ2v) is 9.57. The van der Waals surface area contributed by atoms with Crippen LogP contribution in [-0.4, -0.2) is 20.7 Å². The summed E-state index contributed by atoms with van der Waals surface area (Å²) in [4.78, 5) is 2.29. The number of sulfonamides is 1. The first kappa shape index (κ1) is 16.0. The second-order valence-electron chi connectivity index (χ2n) is 4.03. The number of nitrogens with one attached hydrogen (secondary N) is 1. The SMILES string of the molecule is Cc1sc(Br)cc1S(=O)(=O)NCCSc1ccccc1. The summed E-state index contributed by atoms with van der Waals surface area (Å²) in [6.07, 6.45) is 0. The van der Waals surface area contributed by atoms with Crippen molar-refractivity contribution in [2.45, 2.75) is 16.7 Å². The predicted octanol–water partition coefficient (Wildman–Crippen LogP) is 3.89. The maximum absolute atomic E-state index is 12.1. The third-order valence-corrected chi connectivity index (χ3v) is 6.82. The number of hydrogen-bond donors (Lipinski definition) is 1. The van der Waals surface area contributed by atoms with Crippen LogP contribution in [-0.2, 0) is 10.0 Å². The van der Waals surface area contributed by atoms with Gasteiger partial charge in [0.2, 0.25) is 10.0 Å². The van der Waals surface area contributed by atoms with E-state index in [1.807, 2.05) is 37.3 Å². The zero-order chi connectivity index (χ0) is 14.6. The van der Waals surface area contributed by atoms with Crippen LogP contribution in [0.5, 0.6) is 0 Å². The fraction of sp³-hybridized carbons (Fsp3) is 0.231. The molecule has 0 saturated carbocycles. The van der Waals surface area contributed by atoms with Crippen molar-refractivity contribution in [2.24, 2.45) is 0 Å². The molecule has 0 bridgehead atoms. The van der Waals surface area contributed by atoms with Crippen molar-refractivity contribution in [1.82, 2.24) is 4.72 Å². The van der Waals surface area contributed by atoms with Gasteiger partial charge in [0, 0.05) is 22.1 Å². The van der Waals surface area contributed by atoms with Crippen molar-refractivity contribution in [3.63, 3.8) is 0 Å². The monoisotopic (exact) mass is 391 g/mol. The van der Waals surface area contributed by atoms with E-state index in [0.29, 0.717) is 17.2 Å². The Morgan fingerprint density at radius 1 is 1.30 bits per heavy atom. The van der Waals surface area contributed by atoms with E-state index in [-0.39, 0.29) is 0 Å². The molecule has 0 unspecified atom stereocenters. The van der Waals surface area contributed by atoms with Crippen molar-refractivity contribution < 1.29 is 8.42 Å². The molecule has 3 nitrogen and oxygen atoms in total. The molecule has 0 fully saturated rings. The van der Waals surface area contributed by atoms with Crippen LogP contribution in [0.15, 0.2) is 50.0 Å². The molecule has 0 aliphatic carbocycles. The van der Waals surface area contributed by atoms with E-state index in [1.165, 1.54) is 11.3 Å². The highest BCUT2D eigenvalue weighted by Crippen LogP contribution is 2.29. The van der Waals surface area contributed by atoms with E-state index in [1.54, 1.807) is 17.8 Å². The van der Waals surface area contributed by atoms with Crippen molar-refractivity contribution in [3.8, 4) is 0 Å². The Kier molecular flexibility index (Phi) is 5.68. The number of rotatable bonds is 6. The molecule has 108 valence electrons. The van der Waals surface area contributed by atoms with Crippen LogP contribution in [0.3, 0.4) is 0 Å². The summed E-state index contributed by atoms with van der Waals surface area (Å²) in [5, 5.41) is 0. The Morgan fingerprint density at radius 2 is 2.00 bits per heavy atom. The lowest BCUT2D eigenvalue weighted by Gasteiger charge is -2.06. The Bertz CT molecular complexity index is 668. The normalized spacial score (nSPS) is 11.7. The zero-order valence-electron chi connectivity index (χ0n) is 10.8. The minimum atomic E-state index is -3.41. The van der Waals surface area contributed by atoms with Crippen molar-refractivity contribution >= 4 is 49.1 Å². The molecule has 0 saturated heterocycles. The Hall–Kier alpha value is -0.340. The summed E-state index contributed by atoms with van der Waals surface area (Å²) in [5.74, 6) is 0.702. The van der Waals surface area contributed by atoms with Gasteiger partial charge >= 0.3 is 0 Å². The number of thioether (sulfide) groups is 1. The molecular weight excluding hydrogens is 378 g/mol. The second kappa shape index (κ2) is 7.09. The molecule has 20 heavy (non-hydrogen) atoms. The number of thiophene rings is 1. The summed E-state index contributed by atoms with van der Waals surface area (Å²) in [5.41, 5.74) is 0. The van der Waals surface area contributed by atoms with Gasteiger partial charge in [-0.3, -0.25) is 0 Å². The van der Waals surface area contributed by atoms with Gasteiger partial charge in [0.1, 0.15) is 0 Å². The van der Waals surface area contributed by atoms with Gasteiger partial charge in [-0.2, -0.15) is 0 Å². The average molecular weight is 392 g/mol. The summed E-state index contributed by atoms with van der Waals surface area (Å²) in [6.45, 7) is 2.22. The molecule has 1 N–H and O–H groups in total. The van der Waals surface area contributed by atoms with Gasteiger partial charge in [-0.15, -0.1) is 23.1 Å². The Morgan fingerprint density at radius 3 is 2.60 bits per heavy atom. The van der Waals surface area contributed by atoms with E-state index in [9.17, 15) is 8.42 Å². The summed E-state index contributed by atoms with van der Waals surface area (Å²) < 4.78 is 27.8. The summed E-state index contributed by atoms with van der Waals surface area (Å²) in [7, 11) is -3.41. The number of hydrogen-bond acceptors (Lipinski definition) is 4. The molecule has 0 spiro atoms. The van der Waals surface area contributed by atoms with Crippen LogP contribution in [0.4, 0.5) is 0 Å². The van der Waals surface area contributed by atoms with Gasteiger partial charge in [0.25, 0.3) is 0 Å². The van der Waals surface area contributed by atoms with Crippen molar-refractivity contribution in [1.29, 1.82) is 0 Å². The first-order valence-electron chi connectivity index (χ1n) is 5.92. The molecule has 0 amide bonds. The maximum atomic E-state index is 12.1. The van der Waals surface area contributed by atoms with Gasteiger partial charge in [-0.25, -0.2) is 13.1 Å². The van der Waals surface area contributed by atoms with Gasteiger partial charge in [0.05, 0.1) is 8.68 Å². The fourth-order valence-electron chi connectivity index (χ4n) is 1.64. The minimum absolute atomic E-state index is 0.360. The van der Waals surface area contributed by atoms with Crippen LogP contribution in [0.2, 0.25) is 0 Å². The fourth-order valence-corrected chi connectivity index (χ4v) is 6.00. The van der Waals surface area contributed by atoms with E-state index in [4.69, 9.17) is 0 Å². The predicted molar refractivity (Wildman–Crippen MR) is 89.1 cm³/mol. The summed E-state index contributed by atoms with van der Waals surface area (Å²) >= 11 is 6.37. The highest BCUT2D eigenvalue weighted by molar-refractivity contribution is 9.11. The van der Waals surface area contributed by atoms with Crippen LogP contribution in [0.25, 0.3) is 0 Å². The molecular formula is C13H14BrNO2S3. The molecule has 2 aromatic rings. The lowest BCUT2D eigenvalue weighted by atomic mass is 10.4. The zero-order valence-corrected chi connectivity index (χ0v) is 14.8. The quantitative estimate of drug-likeness (QED) is 0.599. The van der Waals surface area contributed by atoms with E-state index in [0.717, 1.165) is 13.6 Å². The maximum Gasteiger partial charge on any atom is 0.241 e. The molecule has 2 rings (SSSR count). The number of halogens is 1. The summed E-state index contributed by atoms with van der Waals surface area (Å²) in [6, 6.07) is 11.6. The van der Waals surface area contributed by atoms with Gasteiger partial charge < -0.3 is 0 Å². The van der Waals surface area contributed by atoms with E-state index >= 15 is 0 Å². The Labute approximate surface area is 136 Å². The van der Waals surface area contributed by atoms with Gasteiger partial charge in [0.15, 0.2) is 0 Å². The lowest BCUT2D eigenvalue weighted by Crippen LogP contribution is -2.26. The Balaban J connectivity index is 1.89. The molecule has 7 heteroatoms. The highest BCUT2D eigenvalue weighted by atomic mass is 79.9. The van der Waals surface area contributed by atoms with Crippen LogP contribution in [0.1, 0.15) is 4.88 Å². The standard InChI is InChI=1S/C13H14BrNO2S3/c1-10-12(9-13(14)19-10)20(16,17)15-7-8-18-11-5-3-2-4-6-11/h2-6,9,15H,7-8H2,1H3. The first-order valence-corrected chi connectivity index (χ1v) is 10.0. The highest BCUT2D eigenvalue weighted by Gasteiger charge is 2.18. The van der Waals surface area contributed by atoms with Crippen LogP contribution < -0.4 is 4.72 Å². The number of aryl methyl sites for hydroxylation is 1. The van der Waals surface area contributed by atoms with Crippen LogP contribution in [0, 0.1) is 6.92 Å². The van der Waals surface area contributed by atoms with Gasteiger partial charge in [-0.1, -0.05) is 18.2 Å². The van der Waals surface area contributed by atoms with Crippen LogP contribution >= 0.6 is 39.0 Å². The smallest absolute Gasteiger partial charge is 0.210 e. The molecule has 1 aromatic carbocycles. The molecule has 1 heterocycles. The third-order valence-electron chi connectivity index (χ3n) is 2.54.